The average Bonchev–Trinajstić information content (AvgIpc) is 3.18. The average molecular weight is 433 g/mol. The number of nitrogens with zero attached hydrogens (tertiary/aromatic N) is 5. The number of pyridine rings is 1. The zero-order valence-electron chi connectivity index (χ0n) is 18.0. The molecule has 1 aliphatic heterocycles. The fourth-order valence-electron chi connectivity index (χ4n) is 4.76. The second-order valence-corrected chi connectivity index (χ2v) is 9.17. The molecule has 9 heteroatoms. The summed E-state index contributed by atoms with van der Waals surface area (Å²) in [6.45, 7) is 4.77. The van der Waals surface area contributed by atoms with Gasteiger partial charge in [-0.05, 0) is 63.8 Å². The summed E-state index contributed by atoms with van der Waals surface area (Å²) >= 11 is 0. The molecule has 2 aliphatic rings. The Balaban J connectivity index is 1.31. The van der Waals surface area contributed by atoms with Gasteiger partial charge >= 0.3 is 0 Å². The van der Waals surface area contributed by atoms with Gasteiger partial charge in [0.15, 0.2) is 17.1 Å². The maximum absolute atomic E-state index is 14.9. The van der Waals surface area contributed by atoms with Crippen LogP contribution in [0.15, 0.2) is 30.7 Å². The summed E-state index contributed by atoms with van der Waals surface area (Å²) in [7, 11) is 0. The number of rotatable bonds is 3. The summed E-state index contributed by atoms with van der Waals surface area (Å²) in [6.07, 6.45) is 9.33. The second kappa shape index (κ2) is 6.83. The number of imidazole rings is 2. The number of carbonyl (C=O) groups excluding carboxylic acids is 1. The fourth-order valence-corrected chi connectivity index (χ4v) is 4.76. The molecule has 0 radical (unpaired) electrons. The summed E-state index contributed by atoms with van der Waals surface area (Å²) in [5, 5.41) is 11.2. The number of aryl methyl sites for hydroxylation is 2. The van der Waals surface area contributed by atoms with Gasteiger partial charge in [0.05, 0.1) is 17.6 Å². The highest BCUT2D eigenvalue weighted by atomic mass is 19.1. The van der Waals surface area contributed by atoms with Gasteiger partial charge in [-0.2, -0.15) is 5.10 Å². The molecule has 4 aromatic rings. The van der Waals surface area contributed by atoms with Crippen molar-refractivity contribution in [2.45, 2.75) is 51.1 Å². The predicted octanol–water partition coefficient (Wildman–Crippen LogP) is 2.81. The van der Waals surface area contributed by atoms with E-state index in [1.807, 2.05) is 26.1 Å². The minimum absolute atomic E-state index is 0.119. The van der Waals surface area contributed by atoms with Crippen molar-refractivity contribution in [2.75, 3.05) is 6.54 Å². The molecule has 2 N–H and O–H groups in total. The van der Waals surface area contributed by atoms with Gasteiger partial charge in [-0.3, -0.25) is 4.79 Å². The maximum Gasteiger partial charge on any atom is 0.271 e. The number of hydrogen-bond donors (Lipinski definition) is 2. The quantitative estimate of drug-likeness (QED) is 0.519. The first kappa shape index (κ1) is 19.4. The Morgan fingerprint density at radius 1 is 1.19 bits per heavy atom. The van der Waals surface area contributed by atoms with Crippen molar-refractivity contribution in [2.24, 2.45) is 0 Å². The fraction of sp³-hybridized carbons (Fsp3) is 0.391. The molecule has 6 rings (SSSR count). The van der Waals surface area contributed by atoms with Crippen LogP contribution < -0.4 is 10.6 Å². The van der Waals surface area contributed by atoms with Crippen LogP contribution in [0.3, 0.4) is 0 Å². The number of halogens is 1. The molecular weight excluding hydrogens is 409 g/mol. The first-order valence-corrected chi connectivity index (χ1v) is 11.0. The van der Waals surface area contributed by atoms with Crippen LogP contribution in [-0.2, 0) is 0 Å². The standard InChI is InChI=1S/C23H24FN7O/c1-13-7-18(29-31-10-14(2)26-20(13)31)15-8-17(24)21-28-19(12-30(21)11-15)22(32)27-16-3-6-25-23(9-16)4-5-23/h7-8,10-12,16,25H,3-6,9H2,1-2H3,(H,27,32)/t16-/m0/s1. The SMILES string of the molecule is Cc1cn2nc(-c3cc(F)c4nc(C(=O)N[C@H]5CCNC6(CC6)C5)cn4c3)cc(C)c2n1. The van der Waals surface area contributed by atoms with E-state index in [0.717, 1.165) is 36.3 Å². The van der Waals surface area contributed by atoms with Gasteiger partial charge in [-0.1, -0.05) is 0 Å². The van der Waals surface area contributed by atoms with Crippen LogP contribution in [0.2, 0.25) is 0 Å². The van der Waals surface area contributed by atoms with Crippen LogP contribution >= 0.6 is 0 Å². The smallest absolute Gasteiger partial charge is 0.271 e. The number of carbonyl (C=O) groups is 1. The molecule has 1 saturated carbocycles. The predicted molar refractivity (Wildman–Crippen MR) is 117 cm³/mol. The Kier molecular flexibility index (Phi) is 4.13. The minimum atomic E-state index is -0.498. The molecular formula is C23H24FN7O. The number of aromatic nitrogens is 5. The van der Waals surface area contributed by atoms with E-state index in [2.05, 4.69) is 25.7 Å². The van der Waals surface area contributed by atoms with Gasteiger partial charge in [-0.15, -0.1) is 0 Å². The molecule has 1 atom stereocenters. The molecule has 1 spiro atoms. The van der Waals surface area contributed by atoms with Gasteiger partial charge in [0.25, 0.3) is 5.91 Å². The van der Waals surface area contributed by atoms with E-state index in [1.54, 1.807) is 21.3 Å². The molecule has 1 aliphatic carbocycles. The molecule has 1 saturated heterocycles. The topological polar surface area (TPSA) is 88.6 Å². The number of nitrogens with one attached hydrogen (secondary N) is 2. The van der Waals surface area contributed by atoms with Crippen molar-refractivity contribution in [3.05, 3.63) is 53.5 Å². The first-order chi connectivity index (χ1) is 15.4. The van der Waals surface area contributed by atoms with Crippen LogP contribution in [0, 0.1) is 19.7 Å². The van der Waals surface area contributed by atoms with E-state index >= 15 is 0 Å². The van der Waals surface area contributed by atoms with E-state index in [-0.39, 0.29) is 28.8 Å². The summed E-state index contributed by atoms with van der Waals surface area (Å²) in [5.41, 5.74) is 4.38. The Labute approximate surface area is 183 Å². The van der Waals surface area contributed by atoms with Crippen molar-refractivity contribution in [1.82, 2.24) is 34.6 Å². The van der Waals surface area contributed by atoms with E-state index < -0.39 is 5.82 Å². The van der Waals surface area contributed by atoms with E-state index in [9.17, 15) is 9.18 Å². The van der Waals surface area contributed by atoms with Gasteiger partial charge in [-0.25, -0.2) is 18.9 Å². The molecule has 0 unspecified atom stereocenters. The minimum Gasteiger partial charge on any atom is -0.348 e. The lowest BCUT2D eigenvalue weighted by Crippen LogP contribution is -2.49. The van der Waals surface area contributed by atoms with Crippen LogP contribution in [0.4, 0.5) is 4.39 Å². The Hall–Kier alpha value is -3.33. The number of piperidine rings is 1. The zero-order chi connectivity index (χ0) is 22.0. The monoisotopic (exact) mass is 433 g/mol. The normalized spacial score (nSPS) is 19.7. The van der Waals surface area contributed by atoms with Crippen molar-refractivity contribution in [1.29, 1.82) is 0 Å². The highest BCUT2D eigenvalue weighted by Gasteiger charge is 2.46. The van der Waals surface area contributed by atoms with Gasteiger partial charge in [0.1, 0.15) is 5.69 Å². The summed E-state index contributed by atoms with van der Waals surface area (Å²) in [6, 6.07) is 3.41. The van der Waals surface area contributed by atoms with Crippen LogP contribution in [0.25, 0.3) is 22.6 Å². The van der Waals surface area contributed by atoms with Crippen molar-refractivity contribution in [3.63, 3.8) is 0 Å². The van der Waals surface area contributed by atoms with Gasteiger partial charge in [0.2, 0.25) is 0 Å². The molecule has 0 bridgehead atoms. The van der Waals surface area contributed by atoms with Crippen LogP contribution in [-0.4, -0.2) is 48.0 Å². The summed E-state index contributed by atoms with van der Waals surface area (Å²) < 4.78 is 18.2. The number of hydrogen-bond acceptors (Lipinski definition) is 5. The molecule has 8 nitrogen and oxygen atoms in total. The third kappa shape index (κ3) is 3.24. The second-order valence-electron chi connectivity index (χ2n) is 9.17. The maximum atomic E-state index is 14.9. The molecule has 5 heterocycles. The first-order valence-electron chi connectivity index (χ1n) is 11.0. The number of fused-ring (bicyclic) bond motifs is 2. The summed E-state index contributed by atoms with van der Waals surface area (Å²) in [4.78, 5) is 21.5. The van der Waals surface area contributed by atoms with Crippen molar-refractivity contribution < 1.29 is 9.18 Å². The van der Waals surface area contributed by atoms with E-state index in [0.29, 0.717) is 11.3 Å². The molecule has 32 heavy (non-hydrogen) atoms. The molecule has 164 valence electrons. The highest BCUT2D eigenvalue weighted by molar-refractivity contribution is 5.93. The Bertz CT molecular complexity index is 1380. The zero-order valence-corrected chi connectivity index (χ0v) is 18.0. The van der Waals surface area contributed by atoms with E-state index in [1.165, 1.54) is 18.9 Å². The van der Waals surface area contributed by atoms with Crippen molar-refractivity contribution in [3.8, 4) is 11.3 Å². The molecule has 4 aromatic heterocycles. The lowest BCUT2D eigenvalue weighted by molar-refractivity contribution is 0.0918. The van der Waals surface area contributed by atoms with Crippen LogP contribution in [0.5, 0.6) is 0 Å². The van der Waals surface area contributed by atoms with Gasteiger partial charge < -0.3 is 15.0 Å². The third-order valence-corrected chi connectivity index (χ3v) is 6.58. The molecule has 0 aromatic carbocycles. The molecule has 1 amide bonds. The van der Waals surface area contributed by atoms with Gasteiger partial charge in [0, 0.05) is 29.5 Å². The number of amides is 1. The molecule has 2 fully saturated rings. The van der Waals surface area contributed by atoms with Crippen LogP contribution in [0.1, 0.15) is 47.4 Å². The Morgan fingerprint density at radius 2 is 2.03 bits per heavy atom. The highest BCUT2D eigenvalue weighted by Crippen LogP contribution is 2.42. The Morgan fingerprint density at radius 3 is 2.84 bits per heavy atom. The third-order valence-electron chi connectivity index (χ3n) is 6.58. The lowest BCUT2D eigenvalue weighted by Gasteiger charge is -2.30. The van der Waals surface area contributed by atoms with E-state index in [4.69, 9.17) is 0 Å². The lowest BCUT2D eigenvalue weighted by atomic mass is 9.97. The largest absolute Gasteiger partial charge is 0.348 e. The summed E-state index contributed by atoms with van der Waals surface area (Å²) in [5.74, 6) is -0.761. The van der Waals surface area contributed by atoms with Crippen molar-refractivity contribution >= 4 is 17.2 Å².